The zero-order valence-electron chi connectivity index (χ0n) is 11.6. The van der Waals surface area contributed by atoms with Gasteiger partial charge < -0.3 is 5.32 Å². The number of nitrogens with one attached hydrogen (secondary N) is 1. The fourth-order valence-corrected chi connectivity index (χ4v) is 5.90. The molecule has 1 N–H and O–H groups in total. The van der Waals surface area contributed by atoms with E-state index in [-0.39, 0.29) is 16.7 Å². The minimum atomic E-state index is -0.159. The second-order valence-electron chi connectivity index (χ2n) is 7.04. The maximum absolute atomic E-state index is 12.8. The number of rotatable bonds is 2. The first-order valence-electron chi connectivity index (χ1n) is 7.12. The Balaban J connectivity index is 1.63. The average Bonchev–Trinajstić information content (AvgIpc) is 2.78. The lowest BCUT2D eigenvalue weighted by Gasteiger charge is -2.81. The molecule has 1 aromatic carbocycles. The van der Waals surface area contributed by atoms with Crippen LogP contribution in [0.4, 0.5) is 5.69 Å². The zero-order valence-corrected chi connectivity index (χ0v) is 13.1. The molecule has 20 heavy (non-hydrogen) atoms. The molecule has 4 atom stereocenters. The summed E-state index contributed by atoms with van der Waals surface area (Å²) in [5.74, 6) is 0.688. The molecule has 5 fully saturated rings. The van der Waals surface area contributed by atoms with Crippen LogP contribution in [-0.2, 0) is 4.79 Å². The van der Waals surface area contributed by atoms with E-state index in [1.54, 1.807) is 6.07 Å². The van der Waals surface area contributed by atoms with Gasteiger partial charge in [0, 0.05) is 0 Å². The molecule has 0 aliphatic heterocycles. The molecular weight excluding hydrogens is 293 g/mol. The minimum absolute atomic E-state index is 0.135. The van der Waals surface area contributed by atoms with E-state index in [1.807, 2.05) is 12.1 Å². The van der Waals surface area contributed by atoms with Crippen molar-refractivity contribution in [1.82, 2.24) is 0 Å². The van der Waals surface area contributed by atoms with E-state index in [0.717, 1.165) is 6.42 Å². The van der Waals surface area contributed by atoms with E-state index >= 15 is 0 Å². The van der Waals surface area contributed by atoms with Crippen molar-refractivity contribution < 1.29 is 4.79 Å². The van der Waals surface area contributed by atoms with Crippen molar-refractivity contribution in [3.8, 4) is 0 Å². The molecule has 0 spiro atoms. The molecule has 0 aromatic heterocycles. The van der Waals surface area contributed by atoms with Gasteiger partial charge in [-0.2, -0.15) is 0 Å². The van der Waals surface area contributed by atoms with Crippen LogP contribution in [0.2, 0.25) is 10.0 Å². The predicted molar refractivity (Wildman–Crippen MR) is 81.1 cm³/mol. The van der Waals surface area contributed by atoms with Crippen LogP contribution in [0, 0.1) is 22.2 Å². The number of fused-ring (bicyclic) bond motifs is 1. The first kappa shape index (κ1) is 13.0. The van der Waals surface area contributed by atoms with E-state index in [2.05, 4.69) is 19.2 Å². The van der Waals surface area contributed by atoms with Crippen molar-refractivity contribution in [1.29, 1.82) is 0 Å². The molecule has 6 rings (SSSR count). The van der Waals surface area contributed by atoms with Gasteiger partial charge in [-0.25, -0.2) is 0 Å². The third kappa shape index (κ3) is 1.07. The van der Waals surface area contributed by atoms with Crippen molar-refractivity contribution >= 4 is 34.8 Å². The third-order valence-corrected chi connectivity index (χ3v) is 7.61. The van der Waals surface area contributed by atoms with E-state index in [0.29, 0.717) is 27.1 Å². The molecule has 0 saturated heterocycles. The number of benzene rings is 1. The Morgan fingerprint density at radius 3 is 2.70 bits per heavy atom. The highest BCUT2D eigenvalue weighted by Gasteiger charge is 2.91. The second-order valence-corrected chi connectivity index (χ2v) is 7.83. The number of anilines is 1. The van der Waals surface area contributed by atoms with Gasteiger partial charge in [0.15, 0.2) is 0 Å². The number of amides is 1. The summed E-state index contributed by atoms with van der Waals surface area (Å²) in [6.07, 6.45) is 3.37. The Morgan fingerprint density at radius 2 is 2.10 bits per heavy atom. The smallest absolute Gasteiger partial charge is 0.231 e. The fourth-order valence-electron chi connectivity index (χ4n) is 5.55. The topological polar surface area (TPSA) is 29.1 Å². The number of carbonyl (C=O) groups is 1. The summed E-state index contributed by atoms with van der Waals surface area (Å²) < 4.78 is 0. The SMILES string of the molecule is C[C@@]12CC[C@@H]3[C@]1(C)C[C@]32C(=O)Nc1cccc(Cl)c1Cl. The standard InChI is InChI=1S/C16H17Cl2NO/c1-14-8-16(11(14)6-7-15(14,16)2)13(20)19-10-5-3-4-9(17)12(10)18/h3-5,11H,6-8H2,1-2H3,(H,19,20)/t11-,14+,15-,16-/m1/s1. The largest absolute Gasteiger partial charge is 0.324 e. The van der Waals surface area contributed by atoms with E-state index < -0.39 is 0 Å². The van der Waals surface area contributed by atoms with Gasteiger partial charge in [-0.1, -0.05) is 43.1 Å². The van der Waals surface area contributed by atoms with Crippen LogP contribution in [0.3, 0.4) is 0 Å². The molecule has 0 radical (unpaired) electrons. The Hall–Kier alpha value is -0.730. The van der Waals surface area contributed by atoms with Gasteiger partial charge in [0.2, 0.25) is 5.91 Å². The highest BCUT2D eigenvalue weighted by Crippen LogP contribution is 2.93. The average molecular weight is 310 g/mol. The molecule has 4 heteroatoms. The fraction of sp³-hybridized carbons (Fsp3) is 0.562. The van der Waals surface area contributed by atoms with Crippen molar-refractivity contribution in [2.75, 3.05) is 5.32 Å². The van der Waals surface area contributed by atoms with Gasteiger partial charge in [-0.15, -0.1) is 0 Å². The van der Waals surface area contributed by atoms with Gasteiger partial charge >= 0.3 is 0 Å². The van der Waals surface area contributed by atoms with Crippen LogP contribution in [-0.4, -0.2) is 5.91 Å². The summed E-state index contributed by atoms with van der Waals surface area (Å²) in [7, 11) is 0. The van der Waals surface area contributed by atoms with Crippen LogP contribution in [0.1, 0.15) is 33.1 Å². The van der Waals surface area contributed by atoms with Crippen LogP contribution in [0.15, 0.2) is 18.2 Å². The van der Waals surface area contributed by atoms with Crippen molar-refractivity contribution in [3.63, 3.8) is 0 Å². The van der Waals surface area contributed by atoms with E-state index in [4.69, 9.17) is 23.2 Å². The maximum atomic E-state index is 12.8. The number of carbonyl (C=O) groups excluding carboxylic acids is 1. The first-order chi connectivity index (χ1) is 9.37. The Morgan fingerprint density at radius 1 is 1.35 bits per heavy atom. The lowest BCUT2D eigenvalue weighted by Crippen LogP contribution is -2.81. The highest BCUT2D eigenvalue weighted by molar-refractivity contribution is 6.44. The molecule has 1 amide bonds. The van der Waals surface area contributed by atoms with Crippen LogP contribution < -0.4 is 5.32 Å². The molecule has 5 aliphatic carbocycles. The zero-order chi connectivity index (χ0) is 14.3. The summed E-state index contributed by atoms with van der Waals surface area (Å²) in [6, 6.07) is 5.35. The van der Waals surface area contributed by atoms with Gasteiger partial charge in [-0.3, -0.25) is 4.79 Å². The molecule has 0 heterocycles. The molecule has 5 aliphatic rings. The molecule has 106 valence electrons. The summed E-state index contributed by atoms with van der Waals surface area (Å²) in [4.78, 5) is 12.8. The summed E-state index contributed by atoms with van der Waals surface area (Å²) in [5.41, 5.74) is 1.04. The maximum Gasteiger partial charge on any atom is 0.231 e. The van der Waals surface area contributed by atoms with Crippen LogP contribution >= 0.6 is 23.2 Å². The third-order valence-electron chi connectivity index (χ3n) is 6.79. The quantitative estimate of drug-likeness (QED) is 0.838. The highest BCUT2D eigenvalue weighted by atomic mass is 35.5. The monoisotopic (exact) mass is 309 g/mol. The normalized spacial score (nSPS) is 43.7. The summed E-state index contributed by atoms with van der Waals surface area (Å²) >= 11 is 12.2. The van der Waals surface area contributed by atoms with Gasteiger partial charge in [0.25, 0.3) is 0 Å². The first-order valence-corrected chi connectivity index (χ1v) is 7.88. The van der Waals surface area contributed by atoms with Crippen molar-refractivity contribution in [2.24, 2.45) is 22.2 Å². The lowest BCUT2D eigenvalue weighted by atomic mass is 9.21. The van der Waals surface area contributed by atoms with Crippen molar-refractivity contribution in [3.05, 3.63) is 28.2 Å². The molecule has 0 unspecified atom stereocenters. The minimum Gasteiger partial charge on any atom is -0.324 e. The summed E-state index contributed by atoms with van der Waals surface area (Å²) in [6.45, 7) is 4.62. The molecular formula is C16H17Cl2NO. The molecule has 2 nitrogen and oxygen atoms in total. The number of hydrogen-bond donors (Lipinski definition) is 1. The Bertz CT molecular complexity index is 645. The van der Waals surface area contributed by atoms with Gasteiger partial charge in [-0.05, 0) is 48.1 Å². The lowest BCUT2D eigenvalue weighted by molar-refractivity contribution is -0.326. The number of hydrogen-bond acceptors (Lipinski definition) is 1. The van der Waals surface area contributed by atoms with E-state index in [9.17, 15) is 4.79 Å². The van der Waals surface area contributed by atoms with Gasteiger partial charge in [0.05, 0.1) is 21.1 Å². The number of halogens is 2. The van der Waals surface area contributed by atoms with Gasteiger partial charge in [0.1, 0.15) is 0 Å². The van der Waals surface area contributed by atoms with Crippen LogP contribution in [0.25, 0.3) is 0 Å². The Labute approximate surface area is 128 Å². The second kappa shape index (κ2) is 3.53. The van der Waals surface area contributed by atoms with E-state index in [1.165, 1.54) is 12.8 Å². The van der Waals surface area contributed by atoms with Crippen molar-refractivity contribution in [2.45, 2.75) is 33.1 Å². The molecule has 4 bridgehead atoms. The summed E-state index contributed by atoms with van der Waals surface area (Å²) in [5, 5.41) is 3.92. The van der Waals surface area contributed by atoms with Crippen LogP contribution in [0.5, 0.6) is 0 Å². The Kier molecular flexibility index (Phi) is 2.29. The molecule has 1 aromatic rings. The predicted octanol–water partition coefficient (Wildman–Crippen LogP) is 4.76. The molecule has 5 saturated carbocycles.